The van der Waals surface area contributed by atoms with Gasteiger partial charge in [-0.15, -0.1) is 0 Å². The number of carbonyl (C=O) groups is 1. The quantitative estimate of drug-likeness (QED) is 0.587. The second kappa shape index (κ2) is 4.58. The summed E-state index contributed by atoms with van der Waals surface area (Å²) in [4.78, 5) is 10.5. The van der Waals surface area contributed by atoms with Gasteiger partial charge in [0, 0.05) is 12.6 Å². The van der Waals surface area contributed by atoms with Crippen LogP contribution in [0, 0.1) is 5.92 Å². The first-order valence-electron chi connectivity index (χ1n) is 4.46. The highest BCUT2D eigenvalue weighted by molar-refractivity contribution is 5.76. The van der Waals surface area contributed by atoms with Gasteiger partial charge < -0.3 is 15.5 Å². The van der Waals surface area contributed by atoms with Crippen molar-refractivity contribution in [3.63, 3.8) is 0 Å². The molecule has 0 radical (unpaired) electrons. The molecule has 0 saturated heterocycles. The number of hydrogen-bond acceptors (Lipinski definition) is 3. The van der Waals surface area contributed by atoms with Crippen molar-refractivity contribution in [3.8, 4) is 0 Å². The Balaban J connectivity index is 3.95. The molecular weight excluding hydrogens is 170 g/mol. The third-order valence-electron chi connectivity index (χ3n) is 2.23. The van der Waals surface area contributed by atoms with Crippen LogP contribution < -0.4 is 5.32 Å². The summed E-state index contributed by atoms with van der Waals surface area (Å²) < 4.78 is 0. The van der Waals surface area contributed by atoms with Crippen LogP contribution in [0.4, 0.5) is 0 Å². The molecule has 0 aliphatic carbocycles. The molecule has 0 heterocycles. The van der Waals surface area contributed by atoms with Gasteiger partial charge in [0.2, 0.25) is 0 Å². The second-order valence-corrected chi connectivity index (χ2v) is 3.99. The van der Waals surface area contributed by atoms with Crippen LogP contribution in [0.5, 0.6) is 0 Å². The Morgan fingerprint density at radius 2 is 1.92 bits per heavy atom. The van der Waals surface area contributed by atoms with Crippen LogP contribution in [0.3, 0.4) is 0 Å². The van der Waals surface area contributed by atoms with Gasteiger partial charge >= 0.3 is 5.97 Å². The number of hydrogen-bond donors (Lipinski definition) is 3. The van der Waals surface area contributed by atoms with E-state index in [0.29, 0.717) is 5.92 Å². The summed E-state index contributed by atoms with van der Waals surface area (Å²) >= 11 is 0. The zero-order valence-electron chi connectivity index (χ0n) is 8.66. The smallest absolute Gasteiger partial charge is 0.336 e. The van der Waals surface area contributed by atoms with Gasteiger partial charge in [-0.05, 0) is 19.8 Å². The molecule has 0 fully saturated rings. The zero-order valence-corrected chi connectivity index (χ0v) is 8.66. The van der Waals surface area contributed by atoms with Crippen LogP contribution in [0.25, 0.3) is 0 Å². The summed E-state index contributed by atoms with van der Waals surface area (Å²) in [6.07, 6.45) is 0. The Morgan fingerprint density at radius 3 is 2.23 bits per heavy atom. The van der Waals surface area contributed by atoms with Gasteiger partial charge in [-0.2, -0.15) is 0 Å². The van der Waals surface area contributed by atoms with Crippen molar-refractivity contribution in [1.29, 1.82) is 0 Å². The summed E-state index contributed by atoms with van der Waals surface area (Å²) in [5.74, 6) is -0.777. The Labute approximate surface area is 79.0 Å². The minimum atomic E-state index is -1.68. The Hall–Kier alpha value is -0.610. The van der Waals surface area contributed by atoms with Crippen molar-refractivity contribution in [3.05, 3.63) is 0 Å². The van der Waals surface area contributed by atoms with E-state index in [0.717, 1.165) is 0 Å². The predicted octanol–water partition coefficient (Wildman–Crippen LogP) is 0.456. The van der Waals surface area contributed by atoms with Crippen molar-refractivity contribution >= 4 is 5.97 Å². The molecule has 3 N–H and O–H groups in total. The number of nitrogens with one attached hydrogen (secondary N) is 1. The van der Waals surface area contributed by atoms with Crippen LogP contribution in [0.1, 0.15) is 27.7 Å². The topological polar surface area (TPSA) is 69.6 Å². The molecule has 2 unspecified atom stereocenters. The van der Waals surface area contributed by atoms with E-state index in [2.05, 4.69) is 5.32 Å². The molecule has 0 bridgehead atoms. The van der Waals surface area contributed by atoms with Crippen molar-refractivity contribution in [1.82, 2.24) is 5.32 Å². The summed E-state index contributed by atoms with van der Waals surface area (Å²) in [6, 6.07) is 0.200. The number of carboxylic acid groups (broad SMARTS) is 1. The molecule has 0 amide bonds. The molecule has 78 valence electrons. The normalized spacial score (nSPS) is 18.3. The van der Waals surface area contributed by atoms with Gasteiger partial charge in [0.25, 0.3) is 0 Å². The lowest BCUT2D eigenvalue weighted by Crippen LogP contribution is -2.48. The summed E-state index contributed by atoms with van der Waals surface area (Å²) in [6.45, 7) is 7.39. The van der Waals surface area contributed by atoms with E-state index in [9.17, 15) is 9.90 Å². The van der Waals surface area contributed by atoms with E-state index in [-0.39, 0.29) is 12.6 Å². The van der Waals surface area contributed by atoms with Gasteiger partial charge in [-0.1, -0.05) is 13.8 Å². The molecule has 0 aromatic carbocycles. The first-order valence-corrected chi connectivity index (χ1v) is 4.46. The molecule has 0 aromatic heterocycles. The Bertz CT molecular complexity index is 178. The number of aliphatic carboxylic acids is 1. The van der Waals surface area contributed by atoms with E-state index in [1.54, 1.807) is 0 Å². The molecule has 2 atom stereocenters. The van der Waals surface area contributed by atoms with Crippen LogP contribution in [0.2, 0.25) is 0 Å². The standard InChI is InChI=1S/C9H19NO3/c1-6(2)7(3)10-5-9(4,13)8(11)12/h6-7,10,13H,5H2,1-4H3,(H,11,12). The van der Waals surface area contributed by atoms with Gasteiger partial charge in [-0.25, -0.2) is 4.79 Å². The molecule has 0 aliphatic heterocycles. The van der Waals surface area contributed by atoms with E-state index >= 15 is 0 Å². The molecule has 4 nitrogen and oxygen atoms in total. The minimum Gasteiger partial charge on any atom is -0.479 e. The van der Waals surface area contributed by atoms with Crippen LogP contribution >= 0.6 is 0 Å². The van der Waals surface area contributed by atoms with Crippen molar-refractivity contribution < 1.29 is 15.0 Å². The van der Waals surface area contributed by atoms with E-state index in [1.165, 1.54) is 6.92 Å². The number of aliphatic hydroxyl groups is 1. The largest absolute Gasteiger partial charge is 0.479 e. The van der Waals surface area contributed by atoms with Crippen LogP contribution in [-0.2, 0) is 4.79 Å². The predicted molar refractivity (Wildman–Crippen MR) is 50.6 cm³/mol. The monoisotopic (exact) mass is 189 g/mol. The molecule has 0 saturated carbocycles. The highest BCUT2D eigenvalue weighted by atomic mass is 16.4. The summed E-state index contributed by atoms with van der Waals surface area (Å²) in [7, 11) is 0. The Morgan fingerprint density at radius 1 is 1.46 bits per heavy atom. The number of rotatable bonds is 5. The van der Waals surface area contributed by atoms with E-state index < -0.39 is 11.6 Å². The third-order valence-corrected chi connectivity index (χ3v) is 2.23. The van der Waals surface area contributed by atoms with E-state index in [1.807, 2.05) is 20.8 Å². The average molecular weight is 189 g/mol. The molecule has 13 heavy (non-hydrogen) atoms. The lowest BCUT2D eigenvalue weighted by atomic mass is 10.0. The van der Waals surface area contributed by atoms with E-state index in [4.69, 9.17) is 5.11 Å². The number of carboxylic acids is 1. The molecule has 0 rings (SSSR count). The summed E-state index contributed by atoms with van der Waals surface area (Å²) in [5.41, 5.74) is -1.68. The average Bonchev–Trinajstić information content (AvgIpc) is 1.99. The second-order valence-electron chi connectivity index (χ2n) is 3.99. The fourth-order valence-corrected chi connectivity index (χ4v) is 0.671. The third kappa shape index (κ3) is 4.24. The first kappa shape index (κ1) is 12.4. The maximum absolute atomic E-state index is 10.5. The van der Waals surface area contributed by atoms with Crippen molar-refractivity contribution in [2.45, 2.75) is 39.3 Å². The lowest BCUT2D eigenvalue weighted by Gasteiger charge is -2.23. The fourth-order valence-electron chi connectivity index (χ4n) is 0.671. The zero-order chi connectivity index (χ0) is 10.6. The van der Waals surface area contributed by atoms with Crippen LogP contribution in [0.15, 0.2) is 0 Å². The molecule has 0 aliphatic rings. The molecule has 4 heteroatoms. The van der Waals surface area contributed by atoms with Gasteiger partial charge in [0.15, 0.2) is 5.60 Å². The molecule has 0 aromatic rings. The highest BCUT2D eigenvalue weighted by Crippen LogP contribution is 2.04. The molecule has 0 spiro atoms. The maximum atomic E-state index is 10.5. The van der Waals surface area contributed by atoms with Crippen LogP contribution in [-0.4, -0.2) is 34.4 Å². The summed E-state index contributed by atoms with van der Waals surface area (Å²) in [5, 5.41) is 20.9. The fraction of sp³-hybridized carbons (Fsp3) is 0.889. The van der Waals surface area contributed by atoms with Gasteiger partial charge in [0.1, 0.15) is 0 Å². The Kier molecular flexibility index (Phi) is 4.36. The lowest BCUT2D eigenvalue weighted by molar-refractivity contribution is -0.156. The van der Waals surface area contributed by atoms with Crippen molar-refractivity contribution in [2.75, 3.05) is 6.54 Å². The van der Waals surface area contributed by atoms with Gasteiger partial charge in [-0.3, -0.25) is 0 Å². The maximum Gasteiger partial charge on any atom is 0.336 e. The molecular formula is C9H19NO3. The highest BCUT2D eigenvalue weighted by Gasteiger charge is 2.29. The first-order chi connectivity index (χ1) is 5.77. The minimum absolute atomic E-state index is 0.0711. The van der Waals surface area contributed by atoms with Crippen molar-refractivity contribution in [2.24, 2.45) is 5.92 Å². The van der Waals surface area contributed by atoms with Gasteiger partial charge in [0.05, 0.1) is 0 Å². The SMILES string of the molecule is CC(C)C(C)NCC(C)(O)C(=O)O.